The first-order chi connectivity index (χ1) is 18.4. The van der Waals surface area contributed by atoms with E-state index in [4.69, 9.17) is 4.74 Å². The van der Waals surface area contributed by atoms with Crippen LogP contribution in [0, 0.1) is 6.92 Å². The summed E-state index contributed by atoms with van der Waals surface area (Å²) in [5.74, 6) is -0.275. The summed E-state index contributed by atoms with van der Waals surface area (Å²) in [7, 11) is 0. The Labute approximate surface area is 226 Å². The molecule has 2 aliphatic rings. The summed E-state index contributed by atoms with van der Waals surface area (Å²) in [5.41, 5.74) is 3.38. The van der Waals surface area contributed by atoms with Crippen LogP contribution in [0.3, 0.4) is 0 Å². The quantitative estimate of drug-likeness (QED) is 0.483. The zero-order chi connectivity index (χ0) is 26.6. The molecule has 2 saturated heterocycles. The van der Waals surface area contributed by atoms with Gasteiger partial charge in [0.2, 0.25) is 5.91 Å². The van der Waals surface area contributed by atoms with Crippen LogP contribution in [0.25, 0.3) is 0 Å². The summed E-state index contributed by atoms with van der Waals surface area (Å²) in [4.78, 5) is 45.8. The minimum absolute atomic E-state index is 0.0978. The number of likely N-dealkylation sites (N-methyl/N-ethyl adjacent to an activating group) is 1. The Morgan fingerprint density at radius 3 is 2.45 bits per heavy atom. The van der Waals surface area contributed by atoms with Gasteiger partial charge >= 0.3 is 6.09 Å². The van der Waals surface area contributed by atoms with Crippen molar-refractivity contribution in [3.8, 4) is 0 Å². The molecule has 198 valence electrons. The van der Waals surface area contributed by atoms with E-state index in [0.717, 1.165) is 30.8 Å². The molecule has 2 atom stereocenters. The number of carbonyl (C=O) groups is 3. The molecule has 8 nitrogen and oxygen atoms in total. The lowest BCUT2D eigenvalue weighted by atomic mass is 9.99. The predicted octanol–water partition coefficient (Wildman–Crippen LogP) is 4.54. The number of hydrogen-bond acceptors (Lipinski definition) is 6. The van der Waals surface area contributed by atoms with Gasteiger partial charge in [0.05, 0.1) is 11.4 Å². The van der Waals surface area contributed by atoms with Crippen molar-refractivity contribution in [3.63, 3.8) is 0 Å². The van der Waals surface area contributed by atoms with E-state index in [1.807, 2.05) is 59.7 Å². The zero-order valence-corrected chi connectivity index (χ0v) is 22.4. The molecule has 2 aliphatic heterocycles. The molecular formula is C29H32N4O4S. The van der Waals surface area contributed by atoms with E-state index in [9.17, 15) is 14.4 Å². The number of nitrogens with one attached hydrogen (secondary N) is 1. The fourth-order valence-electron chi connectivity index (χ4n) is 5.03. The number of benzene rings is 2. The van der Waals surface area contributed by atoms with Gasteiger partial charge in [-0.15, -0.1) is 11.3 Å². The standard InChI is InChI=1S/C29H32N4O4S/c1-3-31-13-15-32(16-14-31)28(35)25-26(37-29(36)33(25)19-21-7-4-6-20(2)18-21)22-9-11-23(12-10-22)30-27(34)24-8-5-17-38-24/h4-12,17-18,25-26H,3,13-16,19H2,1-2H3,(H,30,34)/t25-,26-/m0/s1. The maximum atomic E-state index is 13.9. The van der Waals surface area contributed by atoms with Crippen molar-refractivity contribution in [2.24, 2.45) is 0 Å². The van der Waals surface area contributed by atoms with E-state index in [0.29, 0.717) is 29.2 Å². The van der Waals surface area contributed by atoms with E-state index in [2.05, 4.69) is 17.1 Å². The van der Waals surface area contributed by atoms with Crippen molar-refractivity contribution in [2.75, 3.05) is 38.0 Å². The zero-order valence-electron chi connectivity index (χ0n) is 21.6. The number of cyclic esters (lactones) is 1. The monoisotopic (exact) mass is 532 g/mol. The predicted molar refractivity (Wildman–Crippen MR) is 147 cm³/mol. The highest BCUT2D eigenvalue weighted by molar-refractivity contribution is 7.12. The number of nitrogens with zero attached hydrogens (tertiary/aromatic N) is 3. The van der Waals surface area contributed by atoms with Crippen LogP contribution in [0.15, 0.2) is 66.0 Å². The molecule has 0 radical (unpaired) electrons. The second kappa shape index (κ2) is 11.4. The number of ether oxygens (including phenoxy) is 1. The maximum absolute atomic E-state index is 13.9. The van der Waals surface area contributed by atoms with Crippen LogP contribution in [0.1, 0.15) is 39.4 Å². The summed E-state index contributed by atoms with van der Waals surface area (Å²) >= 11 is 1.37. The van der Waals surface area contributed by atoms with Gasteiger partial charge in [-0.2, -0.15) is 0 Å². The summed E-state index contributed by atoms with van der Waals surface area (Å²) in [6, 6.07) is 17.9. The Morgan fingerprint density at radius 1 is 1.03 bits per heavy atom. The normalized spacial score (nSPS) is 19.9. The Kier molecular flexibility index (Phi) is 7.76. The summed E-state index contributed by atoms with van der Waals surface area (Å²) < 4.78 is 5.85. The van der Waals surface area contributed by atoms with Gasteiger partial charge in [0.25, 0.3) is 5.91 Å². The largest absolute Gasteiger partial charge is 0.438 e. The number of hydrogen-bond donors (Lipinski definition) is 1. The van der Waals surface area contributed by atoms with Crippen molar-refractivity contribution >= 4 is 34.9 Å². The molecule has 0 unspecified atom stereocenters. The summed E-state index contributed by atoms with van der Waals surface area (Å²) in [6.07, 6.45) is -1.25. The molecule has 0 spiro atoms. The van der Waals surface area contributed by atoms with E-state index < -0.39 is 18.2 Å². The van der Waals surface area contributed by atoms with Crippen LogP contribution in [0.5, 0.6) is 0 Å². The second-order valence-corrected chi connectivity index (χ2v) is 10.6. The molecule has 3 heterocycles. The Morgan fingerprint density at radius 2 is 1.79 bits per heavy atom. The van der Waals surface area contributed by atoms with Gasteiger partial charge in [0.1, 0.15) is 0 Å². The number of anilines is 1. The van der Waals surface area contributed by atoms with Gasteiger partial charge in [-0.05, 0) is 48.2 Å². The van der Waals surface area contributed by atoms with E-state index in [-0.39, 0.29) is 18.4 Å². The Hall–Kier alpha value is -3.69. The molecule has 3 amide bonds. The average molecular weight is 533 g/mol. The molecule has 0 bridgehead atoms. The van der Waals surface area contributed by atoms with Crippen LogP contribution < -0.4 is 5.32 Å². The highest BCUT2D eigenvalue weighted by atomic mass is 32.1. The SMILES string of the molecule is CCN1CCN(C(=O)[C@@H]2[C@H](c3ccc(NC(=O)c4cccs4)cc3)OC(=O)N2Cc2cccc(C)c2)CC1. The number of amides is 3. The fourth-order valence-corrected chi connectivity index (χ4v) is 5.65. The first kappa shape index (κ1) is 25.9. The molecule has 9 heteroatoms. The molecule has 1 N–H and O–H groups in total. The Balaban J connectivity index is 1.39. The van der Waals surface area contributed by atoms with Gasteiger partial charge in [-0.25, -0.2) is 4.79 Å². The van der Waals surface area contributed by atoms with Crippen molar-refractivity contribution in [3.05, 3.63) is 87.6 Å². The van der Waals surface area contributed by atoms with Crippen molar-refractivity contribution in [2.45, 2.75) is 32.5 Å². The van der Waals surface area contributed by atoms with Gasteiger partial charge in [0.15, 0.2) is 12.1 Å². The molecule has 3 aromatic rings. The van der Waals surface area contributed by atoms with Gasteiger partial charge in [-0.1, -0.05) is 55.0 Å². The lowest BCUT2D eigenvalue weighted by Gasteiger charge is -2.37. The average Bonchev–Trinajstić information content (AvgIpc) is 3.58. The number of aryl methyl sites for hydroxylation is 1. The van der Waals surface area contributed by atoms with E-state index >= 15 is 0 Å². The van der Waals surface area contributed by atoms with Crippen molar-refractivity contribution < 1.29 is 19.1 Å². The van der Waals surface area contributed by atoms with Crippen LogP contribution in [-0.2, 0) is 16.1 Å². The highest BCUT2D eigenvalue weighted by Gasteiger charge is 2.48. The molecular weight excluding hydrogens is 500 g/mol. The minimum atomic E-state index is -0.775. The van der Waals surface area contributed by atoms with Gasteiger partial charge in [-0.3, -0.25) is 14.5 Å². The smallest absolute Gasteiger partial charge is 0.411 e. The highest BCUT2D eigenvalue weighted by Crippen LogP contribution is 2.36. The molecule has 2 fully saturated rings. The molecule has 1 aromatic heterocycles. The Bertz CT molecular complexity index is 1290. The third kappa shape index (κ3) is 5.58. The molecule has 2 aromatic carbocycles. The third-order valence-electron chi connectivity index (χ3n) is 7.15. The van der Waals surface area contributed by atoms with Crippen LogP contribution in [0.4, 0.5) is 10.5 Å². The number of thiophene rings is 1. The lowest BCUT2D eigenvalue weighted by Crippen LogP contribution is -2.54. The lowest BCUT2D eigenvalue weighted by molar-refractivity contribution is -0.138. The van der Waals surface area contributed by atoms with Crippen LogP contribution >= 0.6 is 11.3 Å². The maximum Gasteiger partial charge on any atom is 0.411 e. The van der Waals surface area contributed by atoms with Crippen molar-refractivity contribution in [1.82, 2.24) is 14.7 Å². The minimum Gasteiger partial charge on any atom is -0.438 e. The fraction of sp³-hybridized carbons (Fsp3) is 0.345. The number of carbonyl (C=O) groups excluding carboxylic acids is 3. The van der Waals surface area contributed by atoms with Gasteiger partial charge in [0, 0.05) is 31.9 Å². The molecule has 38 heavy (non-hydrogen) atoms. The number of rotatable bonds is 7. The van der Waals surface area contributed by atoms with Crippen molar-refractivity contribution in [1.29, 1.82) is 0 Å². The third-order valence-corrected chi connectivity index (χ3v) is 8.02. The van der Waals surface area contributed by atoms with Crippen LogP contribution in [-0.4, -0.2) is 71.4 Å². The van der Waals surface area contributed by atoms with Crippen LogP contribution in [0.2, 0.25) is 0 Å². The first-order valence-electron chi connectivity index (χ1n) is 12.9. The summed E-state index contributed by atoms with van der Waals surface area (Å²) in [6.45, 7) is 8.22. The topological polar surface area (TPSA) is 82.2 Å². The first-order valence-corrected chi connectivity index (χ1v) is 13.8. The van der Waals surface area contributed by atoms with E-state index in [1.165, 1.54) is 11.3 Å². The molecule has 0 saturated carbocycles. The van der Waals surface area contributed by atoms with Gasteiger partial charge < -0.3 is 19.9 Å². The van der Waals surface area contributed by atoms with E-state index in [1.54, 1.807) is 23.1 Å². The summed E-state index contributed by atoms with van der Waals surface area (Å²) in [5, 5.41) is 4.74. The molecule has 5 rings (SSSR count). The molecule has 0 aliphatic carbocycles. The second-order valence-electron chi connectivity index (χ2n) is 9.68. The number of piperazine rings is 1.